The molecule has 0 N–H and O–H groups in total. The van der Waals surface area contributed by atoms with E-state index in [-0.39, 0.29) is 52.9 Å². The van der Waals surface area contributed by atoms with E-state index in [9.17, 15) is 4.79 Å². The minimum Gasteiger partial charge on any atom is -0.458 e. The lowest BCUT2D eigenvalue weighted by atomic mass is 9.46. The fourth-order valence-electron chi connectivity index (χ4n) is 8.08. The van der Waals surface area contributed by atoms with Gasteiger partial charge in [0.25, 0.3) is 0 Å². The third kappa shape index (κ3) is 1.39. The maximum absolute atomic E-state index is 12.2. The molecule has 6 nitrogen and oxygen atoms in total. The maximum atomic E-state index is 12.2. The summed E-state index contributed by atoms with van der Waals surface area (Å²) in [5.41, 5.74) is 0.985. The lowest BCUT2D eigenvalue weighted by molar-refractivity contribution is -0.136. The van der Waals surface area contributed by atoms with E-state index in [0.717, 1.165) is 24.8 Å². The minimum atomic E-state index is -0.405. The van der Waals surface area contributed by atoms with Gasteiger partial charge in [-0.15, -0.1) is 0 Å². The standard InChI is InChI=1S/C22H28O6/c1-5-24-18-20(10(2)3)15(27-20)16-22(28-16)19(4)7-6-11-12(9-25-17(11)23)13(19)8-14-21(18,22)26-14/h10,13-16,18H,5-9H2,1-4H3/t13-,14-,15-,16-,18+,19-,20-,21+,22+/m0/s1. The van der Waals surface area contributed by atoms with Crippen LogP contribution in [0.4, 0.5) is 0 Å². The highest BCUT2D eigenvalue weighted by molar-refractivity contribution is 5.92. The van der Waals surface area contributed by atoms with Crippen molar-refractivity contribution in [1.29, 1.82) is 0 Å². The largest absolute Gasteiger partial charge is 0.458 e. The highest BCUT2D eigenvalue weighted by Crippen LogP contribution is 2.83. The first-order chi connectivity index (χ1) is 13.4. The molecule has 0 unspecified atom stereocenters. The van der Waals surface area contributed by atoms with Gasteiger partial charge in [0.1, 0.15) is 36.1 Å². The molecular weight excluding hydrogens is 360 g/mol. The van der Waals surface area contributed by atoms with Crippen LogP contribution in [0.15, 0.2) is 11.1 Å². The van der Waals surface area contributed by atoms with Crippen LogP contribution >= 0.6 is 0 Å². The van der Waals surface area contributed by atoms with Gasteiger partial charge < -0.3 is 23.7 Å². The first-order valence-electron chi connectivity index (χ1n) is 10.9. The van der Waals surface area contributed by atoms with Crippen molar-refractivity contribution in [3.63, 3.8) is 0 Å². The Bertz CT molecular complexity index is 850. The molecule has 0 aromatic rings. The number of esters is 1. The number of carbonyl (C=O) groups excluding carboxylic acids is 1. The molecule has 4 aliphatic heterocycles. The van der Waals surface area contributed by atoms with E-state index in [2.05, 4.69) is 27.7 Å². The van der Waals surface area contributed by atoms with Crippen LogP contribution in [0.5, 0.6) is 0 Å². The Kier molecular flexibility index (Phi) is 2.72. The predicted molar refractivity (Wildman–Crippen MR) is 96.5 cm³/mol. The van der Waals surface area contributed by atoms with Crippen LogP contribution in [0.2, 0.25) is 0 Å². The van der Waals surface area contributed by atoms with E-state index in [0.29, 0.717) is 19.1 Å². The molecule has 0 bridgehead atoms. The molecule has 9 atom stereocenters. The SMILES string of the molecule is CCO[C@@H]1[C@@]2(C(C)C)O[C@H]2[C@@H]2O[C@]23[C@]12O[C@H]2C[C@H]1C2=C(CC[C@@]13C)C(=O)OC2. The predicted octanol–water partition coefficient (Wildman–Crippen LogP) is 2.15. The van der Waals surface area contributed by atoms with Crippen molar-refractivity contribution < 1.29 is 28.5 Å². The van der Waals surface area contributed by atoms with Crippen LogP contribution in [0.3, 0.4) is 0 Å². The molecule has 2 saturated carbocycles. The molecular formula is C22H28O6. The summed E-state index contributed by atoms with van der Waals surface area (Å²) in [6, 6.07) is 0. The second kappa shape index (κ2) is 4.53. The third-order valence-corrected chi connectivity index (χ3v) is 9.40. The molecule has 0 amide bonds. The molecule has 6 heteroatoms. The van der Waals surface area contributed by atoms with Gasteiger partial charge in [-0.25, -0.2) is 4.79 Å². The molecule has 2 spiro atoms. The first kappa shape index (κ1) is 16.8. The maximum Gasteiger partial charge on any atom is 0.334 e. The summed E-state index contributed by atoms with van der Waals surface area (Å²) >= 11 is 0. The number of hydrogen-bond acceptors (Lipinski definition) is 6. The molecule has 0 aromatic carbocycles. The zero-order chi connectivity index (χ0) is 19.3. The summed E-state index contributed by atoms with van der Waals surface area (Å²) in [4.78, 5) is 12.2. The van der Waals surface area contributed by atoms with Gasteiger partial charge in [0.05, 0.1) is 6.10 Å². The monoisotopic (exact) mass is 388 g/mol. The Hall–Kier alpha value is -0.950. The number of cyclic esters (lactones) is 1. The van der Waals surface area contributed by atoms with Crippen LogP contribution in [0, 0.1) is 17.3 Å². The van der Waals surface area contributed by atoms with Crippen LogP contribution in [0.1, 0.15) is 47.0 Å². The van der Waals surface area contributed by atoms with Crippen LogP contribution < -0.4 is 0 Å². The van der Waals surface area contributed by atoms with Crippen molar-refractivity contribution >= 4 is 5.97 Å². The molecule has 3 aliphatic carbocycles. The van der Waals surface area contributed by atoms with Crippen molar-refractivity contribution in [2.75, 3.05) is 13.2 Å². The van der Waals surface area contributed by atoms with Crippen LogP contribution in [-0.2, 0) is 28.5 Å². The van der Waals surface area contributed by atoms with E-state index in [4.69, 9.17) is 23.7 Å². The lowest BCUT2D eigenvalue weighted by Crippen LogP contribution is -2.69. The lowest BCUT2D eigenvalue weighted by Gasteiger charge is -2.54. The van der Waals surface area contributed by atoms with E-state index in [1.54, 1.807) is 0 Å². The number of hydrogen-bond donors (Lipinski definition) is 0. The summed E-state index contributed by atoms with van der Waals surface area (Å²) < 4.78 is 31.6. The van der Waals surface area contributed by atoms with Gasteiger partial charge in [-0.1, -0.05) is 20.8 Å². The normalized spacial score (nSPS) is 59.5. The highest BCUT2D eigenvalue weighted by atomic mass is 16.8. The van der Waals surface area contributed by atoms with Crippen LogP contribution in [-0.4, -0.2) is 60.4 Å². The van der Waals surface area contributed by atoms with Crippen molar-refractivity contribution in [3.8, 4) is 0 Å². The number of epoxide rings is 3. The molecule has 4 heterocycles. The van der Waals surface area contributed by atoms with Gasteiger partial charge in [-0.05, 0) is 43.6 Å². The number of fused-ring (bicyclic) bond motifs is 4. The number of carbonyl (C=O) groups is 1. The van der Waals surface area contributed by atoms with E-state index < -0.39 is 5.60 Å². The minimum absolute atomic E-state index is 0.0737. The Morgan fingerprint density at radius 2 is 2.04 bits per heavy atom. The molecule has 0 radical (unpaired) electrons. The van der Waals surface area contributed by atoms with Crippen molar-refractivity contribution in [1.82, 2.24) is 0 Å². The molecule has 7 rings (SSSR count). The molecule has 5 fully saturated rings. The Labute approximate surface area is 164 Å². The van der Waals surface area contributed by atoms with E-state index in [1.165, 1.54) is 5.57 Å². The van der Waals surface area contributed by atoms with Gasteiger partial charge in [-0.2, -0.15) is 0 Å². The highest BCUT2D eigenvalue weighted by Gasteiger charge is 3.00. The Balaban J connectivity index is 1.38. The number of ether oxygens (including phenoxy) is 5. The quantitative estimate of drug-likeness (QED) is 0.545. The molecule has 28 heavy (non-hydrogen) atoms. The Morgan fingerprint density at radius 1 is 1.21 bits per heavy atom. The fourth-order valence-corrected chi connectivity index (χ4v) is 8.08. The van der Waals surface area contributed by atoms with Gasteiger partial charge in [0, 0.05) is 17.6 Å². The van der Waals surface area contributed by atoms with Gasteiger partial charge >= 0.3 is 5.97 Å². The second-order valence-corrected chi connectivity index (χ2v) is 10.3. The third-order valence-electron chi connectivity index (χ3n) is 9.40. The summed E-state index contributed by atoms with van der Waals surface area (Å²) in [6.45, 7) is 9.95. The van der Waals surface area contributed by atoms with Crippen molar-refractivity contribution in [3.05, 3.63) is 11.1 Å². The van der Waals surface area contributed by atoms with Crippen molar-refractivity contribution in [2.24, 2.45) is 17.3 Å². The van der Waals surface area contributed by atoms with Crippen molar-refractivity contribution in [2.45, 2.75) is 88.2 Å². The van der Waals surface area contributed by atoms with Gasteiger partial charge in [-0.3, -0.25) is 0 Å². The number of rotatable bonds is 3. The summed E-state index contributed by atoms with van der Waals surface area (Å²) in [5.74, 6) is 0.514. The second-order valence-electron chi connectivity index (χ2n) is 10.3. The summed E-state index contributed by atoms with van der Waals surface area (Å²) in [7, 11) is 0. The van der Waals surface area contributed by atoms with E-state index in [1.807, 2.05) is 0 Å². The smallest absolute Gasteiger partial charge is 0.334 e. The first-order valence-corrected chi connectivity index (χ1v) is 10.9. The fraction of sp³-hybridized carbons (Fsp3) is 0.864. The van der Waals surface area contributed by atoms with E-state index >= 15 is 0 Å². The molecule has 3 saturated heterocycles. The molecule has 152 valence electrons. The van der Waals surface area contributed by atoms with Crippen LogP contribution in [0.25, 0.3) is 0 Å². The summed E-state index contributed by atoms with van der Waals surface area (Å²) in [6.07, 6.45) is 2.81. The summed E-state index contributed by atoms with van der Waals surface area (Å²) in [5, 5.41) is 0. The molecule has 0 aromatic heterocycles. The topological polar surface area (TPSA) is 73.1 Å². The average Bonchev–Trinajstić information content (AvgIpc) is 3.54. The molecule has 7 aliphatic rings. The zero-order valence-corrected chi connectivity index (χ0v) is 16.9. The van der Waals surface area contributed by atoms with Gasteiger partial charge in [0.2, 0.25) is 0 Å². The average molecular weight is 388 g/mol. The van der Waals surface area contributed by atoms with Gasteiger partial charge in [0.15, 0.2) is 5.60 Å². The Morgan fingerprint density at radius 3 is 2.79 bits per heavy atom. The zero-order valence-electron chi connectivity index (χ0n) is 16.9.